The van der Waals surface area contributed by atoms with E-state index in [0.717, 1.165) is 13.0 Å². The zero-order valence-corrected chi connectivity index (χ0v) is 10.3. The van der Waals surface area contributed by atoms with Crippen molar-refractivity contribution in [3.05, 3.63) is 23.8 Å². The second-order valence-electron chi connectivity index (χ2n) is 4.58. The lowest BCUT2D eigenvalue weighted by Crippen LogP contribution is -2.22. The molecule has 0 amide bonds. The predicted molar refractivity (Wildman–Crippen MR) is 69.8 cm³/mol. The molecule has 0 bridgehead atoms. The highest BCUT2D eigenvalue weighted by atomic mass is 16.5. The number of ether oxygens (including phenoxy) is 1. The number of nitrogen functional groups attached to an aromatic ring is 1. The minimum absolute atomic E-state index is 0.204. The summed E-state index contributed by atoms with van der Waals surface area (Å²) >= 11 is 0. The molecule has 5 heteroatoms. The van der Waals surface area contributed by atoms with E-state index in [2.05, 4.69) is 5.32 Å². The molecular weight excluding hydrogens is 232 g/mol. The number of carbonyl (C=O) groups is 1. The van der Waals surface area contributed by atoms with Gasteiger partial charge in [0.05, 0.1) is 23.0 Å². The largest absolute Gasteiger partial charge is 0.478 e. The standard InChI is InChI=1S/C13H18N2O3/c1-8-9(5-6-18-8)7-15-12-10(13(16)17)3-2-4-11(12)14/h2-4,8-9,15H,5-7,14H2,1H3,(H,16,17). The van der Waals surface area contributed by atoms with Crippen LogP contribution in [0.3, 0.4) is 0 Å². The molecule has 1 aromatic rings. The van der Waals surface area contributed by atoms with Gasteiger partial charge in [-0.05, 0) is 25.5 Å². The molecule has 0 saturated carbocycles. The SMILES string of the molecule is CC1OCCC1CNc1c(N)cccc1C(=O)O. The fraction of sp³-hybridized carbons (Fsp3) is 0.462. The Morgan fingerprint density at radius 3 is 3.00 bits per heavy atom. The lowest BCUT2D eigenvalue weighted by molar-refractivity contribution is 0.0698. The van der Waals surface area contributed by atoms with Crippen LogP contribution in [0.25, 0.3) is 0 Å². The van der Waals surface area contributed by atoms with Gasteiger partial charge in [-0.1, -0.05) is 6.07 Å². The number of hydrogen-bond donors (Lipinski definition) is 3. The third-order valence-corrected chi connectivity index (χ3v) is 3.40. The molecule has 5 nitrogen and oxygen atoms in total. The highest BCUT2D eigenvalue weighted by Gasteiger charge is 2.24. The zero-order valence-electron chi connectivity index (χ0n) is 10.3. The number of rotatable bonds is 4. The van der Waals surface area contributed by atoms with Gasteiger partial charge in [0.25, 0.3) is 0 Å². The molecule has 1 aliphatic rings. The first-order valence-corrected chi connectivity index (χ1v) is 6.07. The number of carboxylic acids is 1. The molecule has 1 aliphatic heterocycles. The molecule has 2 rings (SSSR count). The van der Waals surface area contributed by atoms with Crippen LogP contribution in [0.5, 0.6) is 0 Å². The first-order chi connectivity index (χ1) is 8.59. The summed E-state index contributed by atoms with van der Waals surface area (Å²) in [6.45, 7) is 3.48. The average Bonchev–Trinajstić information content (AvgIpc) is 2.73. The minimum atomic E-state index is -0.972. The molecule has 4 N–H and O–H groups in total. The molecule has 0 aliphatic carbocycles. The van der Waals surface area contributed by atoms with Gasteiger partial charge in [-0.2, -0.15) is 0 Å². The normalized spacial score (nSPS) is 22.9. The Labute approximate surface area is 106 Å². The van der Waals surface area contributed by atoms with E-state index in [1.165, 1.54) is 0 Å². The number of para-hydroxylation sites is 1. The van der Waals surface area contributed by atoms with Gasteiger partial charge >= 0.3 is 5.97 Å². The monoisotopic (exact) mass is 250 g/mol. The Hall–Kier alpha value is -1.75. The van der Waals surface area contributed by atoms with Crippen LogP contribution < -0.4 is 11.1 Å². The number of benzene rings is 1. The van der Waals surface area contributed by atoms with Crippen molar-refractivity contribution in [3.8, 4) is 0 Å². The van der Waals surface area contributed by atoms with Crippen LogP contribution in [-0.4, -0.2) is 30.3 Å². The molecule has 2 atom stereocenters. The second kappa shape index (κ2) is 5.27. The summed E-state index contributed by atoms with van der Waals surface area (Å²) in [5, 5.41) is 12.3. The van der Waals surface area contributed by atoms with Gasteiger partial charge in [0, 0.05) is 19.1 Å². The Bertz CT molecular complexity index is 448. The van der Waals surface area contributed by atoms with Crippen LogP contribution in [0.1, 0.15) is 23.7 Å². The second-order valence-corrected chi connectivity index (χ2v) is 4.58. The summed E-state index contributed by atoms with van der Waals surface area (Å²) in [6, 6.07) is 4.89. The molecule has 1 aromatic carbocycles. The van der Waals surface area contributed by atoms with Crippen molar-refractivity contribution in [1.29, 1.82) is 0 Å². The maximum atomic E-state index is 11.1. The molecule has 18 heavy (non-hydrogen) atoms. The maximum absolute atomic E-state index is 11.1. The van der Waals surface area contributed by atoms with E-state index >= 15 is 0 Å². The van der Waals surface area contributed by atoms with Crippen LogP contribution >= 0.6 is 0 Å². The van der Waals surface area contributed by atoms with Crippen molar-refractivity contribution < 1.29 is 14.6 Å². The van der Waals surface area contributed by atoms with E-state index < -0.39 is 5.97 Å². The van der Waals surface area contributed by atoms with Crippen LogP contribution in [-0.2, 0) is 4.74 Å². The first kappa shape index (κ1) is 12.7. The van der Waals surface area contributed by atoms with Crippen molar-refractivity contribution in [2.24, 2.45) is 5.92 Å². The highest BCUT2D eigenvalue weighted by Crippen LogP contribution is 2.26. The average molecular weight is 250 g/mol. The summed E-state index contributed by atoms with van der Waals surface area (Å²) in [5.74, 6) is -0.577. The van der Waals surface area contributed by atoms with Gasteiger partial charge in [0.15, 0.2) is 0 Å². The van der Waals surface area contributed by atoms with E-state index in [0.29, 0.717) is 23.8 Å². The predicted octanol–water partition coefficient (Wildman–Crippen LogP) is 1.80. The van der Waals surface area contributed by atoms with Crippen LogP contribution in [0.2, 0.25) is 0 Å². The number of hydrogen-bond acceptors (Lipinski definition) is 4. The number of aromatic carboxylic acids is 1. The minimum Gasteiger partial charge on any atom is -0.478 e. The van der Waals surface area contributed by atoms with Crippen LogP contribution in [0.4, 0.5) is 11.4 Å². The van der Waals surface area contributed by atoms with Gasteiger partial charge in [-0.25, -0.2) is 4.79 Å². The summed E-state index contributed by atoms with van der Waals surface area (Å²) in [7, 11) is 0. The van der Waals surface area contributed by atoms with E-state index in [4.69, 9.17) is 15.6 Å². The molecule has 0 radical (unpaired) electrons. The fourth-order valence-corrected chi connectivity index (χ4v) is 2.22. The Morgan fingerprint density at radius 1 is 1.61 bits per heavy atom. The zero-order chi connectivity index (χ0) is 13.1. The first-order valence-electron chi connectivity index (χ1n) is 6.07. The van der Waals surface area contributed by atoms with E-state index in [1.54, 1.807) is 18.2 Å². The van der Waals surface area contributed by atoms with Gasteiger partial charge < -0.3 is 20.9 Å². The van der Waals surface area contributed by atoms with Crippen molar-refractivity contribution in [2.75, 3.05) is 24.2 Å². The summed E-state index contributed by atoms with van der Waals surface area (Å²) in [4.78, 5) is 11.1. The Balaban J connectivity index is 2.11. The molecule has 1 heterocycles. The number of carboxylic acid groups (broad SMARTS) is 1. The Kier molecular flexibility index (Phi) is 3.72. The van der Waals surface area contributed by atoms with Crippen molar-refractivity contribution >= 4 is 17.3 Å². The lowest BCUT2D eigenvalue weighted by atomic mass is 10.0. The maximum Gasteiger partial charge on any atom is 0.337 e. The molecule has 0 spiro atoms. The van der Waals surface area contributed by atoms with Crippen LogP contribution in [0.15, 0.2) is 18.2 Å². The smallest absolute Gasteiger partial charge is 0.337 e. The number of nitrogens with one attached hydrogen (secondary N) is 1. The highest BCUT2D eigenvalue weighted by molar-refractivity contribution is 5.97. The summed E-state index contributed by atoms with van der Waals surface area (Å²) in [6.07, 6.45) is 1.19. The van der Waals surface area contributed by atoms with E-state index in [1.807, 2.05) is 6.92 Å². The molecule has 2 unspecified atom stereocenters. The Morgan fingerprint density at radius 2 is 2.39 bits per heavy atom. The third kappa shape index (κ3) is 2.56. The number of nitrogens with two attached hydrogens (primary N) is 1. The molecule has 1 saturated heterocycles. The quantitative estimate of drug-likeness (QED) is 0.710. The number of anilines is 2. The van der Waals surface area contributed by atoms with Gasteiger partial charge in [0.1, 0.15) is 0 Å². The van der Waals surface area contributed by atoms with E-state index in [9.17, 15) is 4.79 Å². The van der Waals surface area contributed by atoms with Crippen molar-refractivity contribution in [2.45, 2.75) is 19.4 Å². The van der Waals surface area contributed by atoms with Gasteiger partial charge in [-0.3, -0.25) is 0 Å². The topological polar surface area (TPSA) is 84.6 Å². The molecule has 0 aromatic heterocycles. The van der Waals surface area contributed by atoms with Crippen LogP contribution in [0, 0.1) is 5.92 Å². The van der Waals surface area contributed by atoms with Crippen molar-refractivity contribution in [1.82, 2.24) is 0 Å². The molecule has 98 valence electrons. The van der Waals surface area contributed by atoms with Gasteiger partial charge in [0.2, 0.25) is 0 Å². The molecular formula is C13H18N2O3. The fourth-order valence-electron chi connectivity index (χ4n) is 2.22. The summed E-state index contributed by atoms with van der Waals surface area (Å²) in [5.41, 5.74) is 6.99. The third-order valence-electron chi connectivity index (χ3n) is 3.40. The molecule has 1 fully saturated rings. The van der Waals surface area contributed by atoms with Gasteiger partial charge in [-0.15, -0.1) is 0 Å². The van der Waals surface area contributed by atoms with Crippen molar-refractivity contribution in [3.63, 3.8) is 0 Å². The summed E-state index contributed by atoms with van der Waals surface area (Å²) < 4.78 is 5.47. The van der Waals surface area contributed by atoms with E-state index in [-0.39, 0.29) is 11.7 Å². The lowest BCUT2D eigenvalue weighted by Gasteiger charge is -2.18.